The van der Waals surface area contributed by atoms with Crippen LogP contribution in [0.4, 0.5) is 10.5 Å². The Balaban J connectivity index is 2.04. The van der Waals surface area contributed by atoms with Crippen LogP contribution in [0, 0.1) is 5.92 Å². The summed E-state index contributed by atoms with van der Waals surface area (Å²) in [6, 6.07) is 7.41. The Labute approximate surface area is 149 Å². The van der Waals surface area contributed by atoms with Gasteiger partial charge < -0.3 is 14.8 Å². The highest BCUT2D eigenvalue weighted by Crippen LogP contribution is 2.31. The van der Waals surface area contributed by atoms with Gasteiger partial charge in [-0.05, 0) is 64.8 Å². The van der Waals surface area contributed by atoms with Crippen molar-refractivity contribution in [1.29, 1.82) is 0 Å². The lowest BCUT2D eigenvalue weighted by Gasteiger charge is -2.31. The van der Waals surface area contributed by atoms with Crippen LogP contribution in [0.5, 0.6) is 0 Å². The van der Waals surface area contributed by atoms with Crippen LogP contribution in [0.1, 0.15) is 52.1 Å². The molecule has 0 radical (unpaired) electrons. The maximum Gasteiger partial charge on any atom is 0.412 e. The monoisotopic (exact) mass is 348 g/mol. The number of anilines is 1. The average molecular weight is 348 g/mol. The van der Waals surface area contributed by atoms with Crippen molar-refractivity contribution in [3.05, 3.63) is 29.8 Å². The zero-order valence-corrected chi connectivity index (χ0v) is 15.4. The molecule has 1 aliphatic rings. The van der Waals surface area contributed by atoms with Gasteiger partial charge in [0.15, 0.2) is 0 Å². The highest BCUT2D eigenvalue weighted by Gasteiger charge is 2.32. The lowest BCUT2D eigenvalue weighted by molar-refractivity contribution is -0.150. The van der Waals surface area contributed by atoms with Gasteiger partial charge in [0.05, 0.1) is 12.5 Å². The minimum absolute atomic E-state index is 0.0663. The first-order valence-corrected chi connectivity index (χ1v) is 8.80. The molecular weight excluding hydrogens is 320 g/mol. The maximum atomic E-state index is 12.2. The number of ether oxygens (including phenoxy) is 2. The van der Waals surface area contributed by atoms with Gasteiger partial charge >= 0.3 is 12.1 Å². The third-order valence-corrected chi connectivity index (χ3v) is 3.96. The molecule has 1 aliphatic heterocycles. The SMILES string of the molecule is CCOC(=O)[C@H]1CCCN[C@@H]1c1ccc(NC(=O)OC(C)(C)C)cc1. The van der Waals surface area contributed by atoms with Crippen molar-refractivity contribution in [3.63, 3.8) is 0 Å². The van der Waals surface area contributed by atoms with Gasteiger partial charge in [-0.25, -0.2) is 4.79 Å². The summed E-state index contributed by atoms with van der Waals surface area (Å²) in [5.74, 6) is -0.339. The molecule has 138 valence electrons. The molecule has 1 saturated heterocycles. The Kier molecular flexibility index (Phi) is 6.42. The van der Waals surface area contributed by atoms with E-state index in [1.807, 2.05) is 52.0 Å². The zero-order chi connectivity index (χ0) is 18.4. The second-order valence-corrected chi connectivity index (χ2v) is 7.18. The standard InChI is InChI=1S/C19H28N2O4/c1-5-24-17(22)15-7-6-12-20-16(15)13-8-10-14(11-9-13)21-18(23)25-19(2,3)4/h8-11,15-16,20H,5-7,12H2,1-4H3,(H,21,23)/t15-,16+/m0/s1. The Morgan fingerprint density at radius 1 is 1.24 bits per heavy atom. The summed E-state index contributed by atoms with van der Waals surface area (Å²) in [6.45, 7) is 8.54. The summed E-state index contributed by atoms with van der Waals surface area (Å²) < 4.78 is 10.4. The Hall–Kier alpha value is -2.08. The normalized spacial score (nSPS) is 20.6. The molecule has 1 fully saturated rings. The Bertz CT molecular complexity index is 592. The quantitative estimate of drug-likeness (QED) is 0.813. The van der Waals surface area contributed by atoms with Crippen molar-refractivity contribution < 1.29 is 19.1 Å². The molecule has 1 aromatic rings. The van der Waals surface area contributed by atoms with Crippen molar-refractivity contribution in [1.82, 2.24) is 5.32 Å². The molecular formula is C19H28N2O4. The first-order valence-electron chi connectivity index (χ1n) is 8.80. The summed E-state index contributed by atoms with van der Waals surface area (Å²) in [4.78, 5) is 24.0. The predicted molar refractivity (Wildman–Crippen MR) is 96.4 cm³/mol. The van der Waals surface area contributed by atoms with Gasteiger partial charge in [0.1, 0.15) is 5.60 Å². The van der Waals surface area contributed by atoms with E-state index >= 15 is 0 Å². The Morgan fingerprint density at radius 3 is 2.52 bits per heavy atom. The van der Waals surface area contributed by atoms with E-state index in [2.05, 4.69) is 10.6 Å². The van der Waals surface area contributed by atoms with Crippen LogP contribution >= 0.6 is 0 Å². The Morgan fingerprint density at radius 2 is 1.92 bits per heavy atom. The minimum atomic E-state index is -0.539. The van der Waals surface area contributed by atoms with E-state index in [4.69, 9.17) is 9.47 Å². The van der Waals surface area contributed by atoms with E-state index in [1.54, 1.807) is 0 Å². The molecule has 0 aliphatic carbocycles. The molecule has 6 nitrogen and oxygen atoms in total. The van der Waals surface area contributed by atoms with Crippen LogP contribution in [0.2, 0.25) is 0 Å². The van der Waals surface area contributed by atoms with Crippen LogP contribution in [-0.2, 0) is 14.3 Å². The van der Waals surface area contributed by atoms with E-state index in [1.165, 1.54) is 0 Å². The predicted octanol–water partition coefficient (Wildman–Crippen LogP) is 3.64. The number of amides is 1. The summed E-state index contributed by atoms with van der Waals surface area (Å²) >= 11 is 0. The first-order chi connectivity index (χ1) is 11.8. The molecule has 0 unspecified atom stereocenters. The van der Waals surface area contributed by atoms with E-state index in [0.29, 0.717) is 12.3 Å². The molecule has 1 aromatic carbocycles. The second-order valence-electron chi connectivity index (χ2n) is 7.18. The molecule has 0 bridgehead atoms. The fourth-order valence-corrected chi connectivity index (χ4v) is 2.94. The van der Waals surface area contributed by atoms with Gasteiger partial charge in [-0.15, -0.1) is 0 Å². The smallest absolute Gasteiger partial charge is 0.412 e. The highest BCUT2D eigenvalue weighted by molar-refractivity contribution is 5.84. The number of carbonyl (C=O) groups excluding carboxylic acids is 2. The van der Waals surface area contributed by atoms with Crippen molar-refractivity contribution >= 4 is 17.7 Å². The average Bonchev–Trinajstić information content (AvgIpc) is 2.54. The highest BCUT2D eigenvalue weighted by atomic mass is 16.6. The van der Waals surface area contributed by atoms with Gasteiger partial charge in [-0.2, -0.15) is 0 Å². The molecule has 2 atom stereocenters. The summed E-state index contributed by atoms with van der Waals surface area (Å²) in [6.07, 6.45) is 1.28. The van der Waals surface area contributed by atoms with Crippen LogP contribution in [-0.4, -0.2) is 30.8 Å². The number of nitrogens with one attached hydrogen (secondary N) is 2. The van der Waals surface area contributed by atoms with E-state index in [9.17, 15) is 9.59 Å². The van der Waals surface area contributed by atoms with Crippen LogP contribution < -0.4 is 10.6 Å². The van der Waals surface area contributed by atoms with Crippen molar-refractivity contribution in [2.45, 2.75) is 52.2 Å². The summed E-state index contributed by atoms with van der Waals surface area (Å²) in [5, 5.41) is 6.11. The molecule has 2 rings (SSSR count). The van der Waals surface area contributed by atoms with Gasteiger partial charge in [0, 0.05) is 11.7 Å². The molecule has 1 heterocycles. The molecule has 0 saturated carbocycles. The molecule has 25 heavy (non-hydrogen) atoms. The van der Waals surface area contributed by atoms with Crippen LogP contribution in [0.3, 0.4) is 0 Å². The minimum Gasteiger partial charge on any atom is -0.466 e. The summed E-state index contributed by atoms with van der Waals surface area (Å²) in [7, 11) is 0. The van der Waals surface area contributed by atoms with Gasteiger partial charge in [0.2, 0.25) is 0 Å². The van der Waals surface area contributed by atoms with Crippen LogP contribution in [0.15, 0.2) is 24.3 Å². The summed E-state index contributed by atoms with van der Waals surface area (Å²) in [5.41, 5.74) is 1.12. The molecule has 0 aromatic heterocycles. The third kappa shape index (κ3) is 5.74. The third-order valence-electron chi connectivity index (χ3n) is 3.96. The van der Waals surface area contributed by atoms with Crippen molar-refractivity contribution in [3.8, 4) is 0 Å². The number of piperidine rings is 1. The molecule has 1 amide bonds. The van der Waals surface area contributed by atoms with Gasteiger partial charge in [0.25, 0.3) is 0 Å². The fourth-order valence-electron chi connectivity index (χ4n) is 2.94. The molecule has 0 spiro atoms. The molecule has 6 heteroatoms. The molecule has 2 N–H and O–H groups in total. The van der Waals surface area contributed by atoms with Crippen LogP contribution in [0.25, 0.3) is 0 Å². The maximum absolute atomic E-state index is 12.2. The van der Waals surface area contributed by atoms with E-state index in [-0.39, 0.29) is 17.9 Å². The number of rotatable bonds is 4. The number of carbonyl (C=O) groups is 2. The first kappa shape index (κ1) is 19.2. The fraction of sp³-hybridized carbons (Fsp3) is 0.579. The number of benzene rings is 1. The van der Waals surface area contributed by atoms with Gasteiger partial charge in [-0.1, -0.05) is 12.1 Å². The second kappa shape index (κ2) is 8.34. The number of hydrogen-bond acceptors (Lipinski definition) is 5. The van der Waals surface area contributed by atoms with Gasteiger partial charge in [-0.3, -0.25) is 10.1 Å². The number of hydrogen-bond donors (Lipinski definition) is 2. The lowest BCUT2D eigenvalue weighted by atomic mass is 9.86. The lowest BCUT2D eigenvalue weighted by Crippen LogP contribution is -2.39. The van der Waals surface area contributed by atoms with Crippen molar-refractivity contribution in [2.24, 2.45) is 5.92 Å². The number of esters is 1. The van der Waals surface area contributed by atoms with Crippen molar-refractivity contribution in [2.75, 3.05) is 18.5 Å². The zero-order valence-electron chi connectivity index (χ0n) is 15.4. The topological polar surface area (TPSA) is 76.7 Å². The largest absolute Gasteiger partial charge is 0.466 e. The van der Waals surface area contributed by atoms with E-state index < -0.39 is 11.7 Å². The van der Waals surface area contributed by atoms with E-state index in [0.717, 1.165) is 24.9 Å².